The van der Waals surface area contributed by atoms with Gasteiger partial charge in [0.05, 0.1) is 6.61 Å². The van der Waals surface area contributed by atoms with E-state index < -0.39 is 24.4 Å². The maximum atomic E-state index is 13.0. The lowest BCUT2D eigenvalue weighted by Crippen LogP contribution is -2.44. The molecule has 0 radical (unpaired) electrons. The first-order valence-corrected chi connectivity index (χ1v) is 15.4. The van der Waals surface area contributed by atoms with Crippen LogP contribution in [0.3, 0.4) is 0 Å². The van der Waals surface area contributed by atoms with Gasteiger partial charge >= 0.3 is 6.18 Å². The van der Waals surface area contributed by atoms with Crippen LogP contribution in [-0.4, -0.2) is 29.8 Å². The minimum atomic E-state index is -4.19. The van der Waals surface area contributed by atoms with E-state index in [4.69, 9.17) is 4.74 Å². The van der Waals surface area contributed by atoms with E-state index in [1.165, 1.54) is 18.4 Å². The number of hydrogen-bond acceptors (Lipinski definition) is 4. The van der Waals surface area contributed by atoms with Crippen LogP contribution >= 0.6 is 11.9 Å². The summed E-state index contributed by atoms with van der Waals surface area (Å²) in [4.78, 5) is 25.9. The van der Waals surface area contributed by atoms with E-state index in [0.717, 1.165) is 18.4 Å². The van der Waals surface area contributed by atoms with Crippen molar-refractivity contribution in [3.05, 3.63) is 71.8 Å². The molecule has 2 N–H and O–H groups in total. The summed E-state index contributed by atoms with van der Waals surface area (Å²) in [6.45, 7) is 12.2. The van der Waals surface area contributed by atoms with Crippen molar-refractivity contribution in [1.29, 1.82) is 0 Å². The minimum absolute atomic E-state index is 0.0377. The summed E-state index contributed by atoms with van der Waals surface area (Å²) < 4.78 is 45.0. The normalized spacial score (nSPS) is 17.6. The summed E-state index contributed by atoms with van der Waals surface area (Å²) in [7, 11) is 0. The number of halogens is 3. The highest BCUT2D eigenvalue weighted by Gasteiger charge is 2.39. The van der Waals surface area contributed by atoms with Gasteiger partial charge in [0.25, 0.3) is 0 Å². The second kappa shape index (κ2) is 19.2. The Morgan fingerprint density at radius 2 is 1.59 bits per heavy atom. The van der Waals surface area contributed by atoms with Gasteiger partial charge in [-0.3, -0.25) is 14.3 Å². The van der Waals surface area contributed by atoms with Crippen LogP contribution in [0.4, 0.5) is 13.2 Å². The van der Waals surface area contributed by atoms with E-state index in [0.29, 0.717) is 22.3 Å². The van der Waals surface area contributed by atoms with Crippen molar-refractivity contribution >= 4 is 29.5 Å². The summed E-state index contributed by atoms with van der Waals surface area (Å²) >= 11 is 1.37. The lowest BCUT2D eigenvalue weighted by atomic mass is 9.81. The van der Waals surface area contributed by atoms with Crippen LogP contribution < -0.4 is 14.8 Å². The average Bonchev–Trinajstić information content (AvgIpc) is 3.81. The van der Waals surface area contributed by atoms with Crippen molar-refractivity contribution < 1.29 is 27.5 Å². The molecule has 1 heterocycles. The van der Waals surface area contributed by atoms with Gasteiger partial charge in [-0.15, -0.1) is 0 Å². The Morgan fingerprint density at radius 3 is 2.12 bits per heavy atom. The topological polar surface area (TPSA) is 67.4 Å². The average molecular weight is 595 g/mol. The second-order valence-corrected chi connectivity index (χ2v) is 10.2. The molecule has 1 fully saturated rings. The Balaban J connectivity index is 0.00000110. The molecule has 5 nitrogen and oxygen atoms in total. The summed E-state index contributed by atoms with van der Waals surface area (Å²) in [6.07, 6.45) is 0.0556. The monoisotopic (exact) mass is 594 g/mol. The lowest BCUT2D eigenvalue weighted by Gasteiger charge is -2.29. The second-order valence-electron chi connectivity index (χ2n) is 9.07. The molecule has 1 aliphatic carbocycles. The van der Waals surface area contributed by atoms with Gasteiger partial charge in [0.2, 0.25) is 11.8 Å². The molecule has 2 aliphatic rings. The number of allylic oxidation sites excluding steroid dienone is 1. The van der Waals surface area contributed by atoms with Crippen LogP contribution in [0.25, 0.3) is 5.70 Å². The molecule has 9 heteroatoms. The fourth-order valence-electron chi connectivity index (χ4n) is 3.69. The number of ether oxygens (including phenoxy) is 1. The molecular weight excluding hydrogens is 549 g/mol. The largest absolute Gasteiger partial charge is 0.494 e. The Labute approximate surface area is 247 Å². The van der Waals surface area contributed by atoms with Gasteiger partial charge in [-0.1, -0.05) is 84.4 Å². The highest BCUT2D eigenvalue weighted by atomic mass is 32.2. The molecule has 4 rings (SSSR count). The molecule has 2 aromatic rings. The van der Waals surface area contributed by atoms with Gasteiger partial charge in [-0.25, -0.2) is 0 Å². The number of hydrogen-bond donors (Lipinski definition) is 2. The van der Waals surface area contributed by atoms with Gasteiger partial charge in [-0.2, -0.15) is 13.2 Å². The van der Waals surface area contributed by atoms with E-state index >= 15 is 0 Å². The third kappa shape index (κ3) is 13.1. The third-order valence-corrected chi connectivity index (χ3v) is 6.73. The number of rotatable bonds is 9. The zero-order chi connectivity index (χ0) is 30.8. The van der Waals surface area contributed by atoms with Crippen LogP contribution in [0.5, 0.6) is 5.75 Å². The molecule has 0 bridgehead atoms. The Morgan fingerprint density at radius 1 is 1.00 bits per heavy atom. The Kier molecular flexibility index (Phi) is 16.9. The summed E-state index contributed by atoms with van der Waals surface area (Å²) in [5.41, 5.74) is 2.14. The van der Waals surface area contributed by atoms with Crippen molar-refractivity contribution in [2.45, 2.75) is 91.0 Å². The van der Waals surface area contributed by atoms with E-state index in [2.05, 4.69) is 23.9 Å². The number of amides is 2. The van der Waals surface area contributed by atoms with Crippen LogP contribution in [0.15, 0.2) is 60.7 Å². The molecule has 2 atom stereocenters. The van der Waals surface area contributed by atoms with Crippen molar-refractivity contribution in [3.8, 4) is 5.75 Å². The molecule has 0 saturated heterocycles. The quantitative estimate of drug-likeness (QED) is 0.173. The SMILES string of the molecule is CC.CC.CCC.O=C(NSC1CC1)C1C(=O)NC(c2ccc(OCCCC(F)(F)F)cc2)=CC1c1ccccc1. The summed E-state index contributed by atoms with van der Waals surface area (Å²) in [5, 5.41) is 3.26. The predicted molar refractivity (Wildman–Crippen MR) is 163 cm³/mol. The first-order valence-electron chi connectivity index (χ1n) is 14.5. The number of alkyl halides is 3. The number of benzene rings is 2. The molecule has 41 heavy (non-hydrogen) atoms. The van der Waals surface area contributed by atoms with E-state index in [1.54, 1.807) is 24.3 Å². The van der Waals surface area contributed by atoms with E-state index in [9.17, 15) is 22.8 Å². The Hall–Kier alpha value is -2.94. The third-order valence-electron chi connectivity index (χ3n) is 5.60. The van der Waals surface area contributed by atoms with Crippen LogP contribution in [0.1, 0.15) is 90.7 Å². The van der Waals surface area contributed by atoms with E-state index in [-0.39, 0.29) is 24.8 Å². The van der Waals surface area contributed by atoms with Gasteiger partial charge in [0.1, 0.15) is 11.7 Å². The molecule has 1 aliphatic heterocycles. The standard InChI is InChI=1S/C25H25F3N2O3S.C3H8.2C2H6/c26-25(27,28)13-4-14-33-18-9-7-17(8-10-18)21-15-20(16-5-2-1-3-6-16)22(23(31)29-21)24(32)30-34-19-11-12-19;1-3-2;2*1-2/h1-3,5-10,15,19-20,22H,4,11-14H2,(H,29,31)(H,30,32);3H2,1-2H3;2*1-2H3. The zero-order valence-corrected chi connectivity index (χ0v) is 25.8. The number of nitrogens with one attached hydrogen (secondary N) is 2. The van der Waals surface area contributed by atoms with Crippen molar-refractivity contribution in [2.75, 3.05) is 6.61 Å². The molecule has 1 saturated carbocycles. The Bertz CT molecular complexity index is 1060. The van der Waals surface area contributed by atoms with Crippen LogP contribution in [0.2, 0.25) is 0 Å². The van der Waals surface area contributed by atoms with Gasteiger partial charge in [-0.05, 0) is 66.6 Å². The molecule has 0 spiro atoms. The molecule has 2 aromatic carbocycles. The zero-order valence-electron chi connectivity index (χ0n) is 25.0. The smallest absolute Gasteiger partial charge is 0.389 e. The minimum Gasteiger partial charge on any atom is -0.494 e. The van der Waals surface area contributed by atoms with Gasteiger partial charge in [0.15, 0.2) is 0 Å². The maximum Gasteiger partial charge on any atom is 0.389 e. The maximum absolute atomic E-state index is 13.0. The van der Waals surface area contributed by atoms with Crippen molar-refractivity contribution in [2.24, 2.45) is 5.92 Å². The van der Waals surface area contributed by atoms with Gasteiger partial charge in [0, 0.05) is 23.3 Å². The number of carbonyl (C=O) groups excluding carboxylic acids is 2. The molecular formula is C32H45F3N2O3S. The predicted octanol–water partition coefficient (Wildman–Crippen LogP) is 8.67. The fraction of sp³-hybridized carbons (Fsp3) is 0.500. The lowest BCUT2D eigenvalue weighted by molar-refractivity contribution is -0.137. The highest BCUT2D eigenvalue weighted by Crippen LogP contribution is 2.36. The first kappa shape index (κ1) is 36.1. The van der Waals surface area contributed by atoms with Crippen molar-refractivity contribution in [1.82, 2.24) is 10.0 Å². The van der Waals surface area contributed by atoms with Crippen LogP contribution in [0, 0.1) is 5.92 Å². The fourth-order valence-corrected chi connectivity index (χ4v) is 4.47. The van der Waals surface area contributed by atoms with Gasteiger partial charge < -0.3 is 10.1 Å². The van der Waals surface area contributed by atoms with Crippen molar-refractivity contribution in [3.63, 3.8) is 0 Å². The first-order chi connectivity index (χ1) is 19.7. The number of carbonyl (C=O) groups is 2. The van der Waals surface area contributed by atoms with E-state index in [1.807, 2.05) is 64.1 Å². The molecule has 2 amide bonds. The molecule has 2 unspecified atom stereocenters. The highest BCUT2D eigenvalue weighted by molar-refractivity contribution is 7.98. The summed E-state index contributed by atoms with van der Waals surface area (Å²) in [5.74, 6) is -1.59. The van der Waals surface area contributed by atoms with Crippen LogP contribution in [-0.2, 0) is 9.59 Å². The molecule has 0 aromatic heterocycles. The summed E-state index contributed by atoms with van der Waals surface area (Å²) in [6, 6.07) is 16.2. The molecule has 228 valence electrons.